The lowest BCUT2D eigenvalue weighted by atomic mass is 10.2. The van der Waals surface area contributed by atoms with Gasteiger partial charge in [0.15, 0.2) is 0 Å². The van der Waals surface area contributed by atoms with Crippen molar-refractivity contribution in [1.29, 1.82) is 0 Å². The summed E-state index contributed by atoms with van der Waals surface area (Å²) in [6.07, 6.45) is 0.0482. The molecule has 1 aliphatic heterocycles. The first-order valence-electron chi connectivity index (χ1n) is 7.15. The van der Waals surface area contributed by atoms with Crippen LogP contribution >= 0.6 is 0 Å². The number of aromatic hydroxyl groups is 1. The minimum absolute atomic E-state index is 0.0482. The van der Waals surface area contributed by atoms with Gasteiger partial charge in [-0.2, -0.15) is 0 Å². The molecule has 23 heavy (non-hydrogen) atoms. The van der Waals surface area contributed by atoms with E-state index in [0.29, 0.717) is 17.1 Å². The maximum absolute atomic E-state index is 12.6. The Balaban J connectivity index is 1.85. The monoisotopic (exact) mass is 312 g/mol. The second kappa shape index (κ2) is 6.00. The van der Waals surface area contributed by atoms with Gasteiger partial charge >= 0.3 is 0 Å². The SMILES string of the molecule is COc1ccccc1N1C(=O)CC(Nc2cccc(O)c2)C1=O. The molecule has 1 atom stereocenters. The van der Waals surface area contributed by atoms with Gasteiger partial charge in [0.2, 0.25) is 5.91 Å². The number of imide groups is 1. The van der Waals surface area contributed by atoms with Crippen molar-refractivity contribution in [2.75, 3.05) is 17.3 Å². The molecule has 6 nitrogen and oxygen atoms in total. The maximum Gasteiger partial charge on any atom is 0.256 e. The van der Waals surface area contributed by atoms with Gasteiger partial charge in [-0.15, -0.1) is 0 Å². The van der Waals surface area contributed by atoms with E-state index >= 15 is 0 Å². The fourth-order valence-corrected chi connectivity index (χ4v) is 2.61. The van der Waals surface area contributed by atoms with E-state index in [1.807, 2.05) is 0 Å². The number of amides is 2. The van der Waals surface area contributed by atoms with Crippen LogP contribution in [-0.2, 0) is 9.59 Å². The fourth-order valence-electron chi connectivity index (χ4n) is 2.61. The van der Waals surface area contributed by atoms with Crippen LogP contribution in [0.2, 0.25) is 0 Å². The molecule has 118 valence electrons. The predicted octanol–water partition coefficient (Wildman–Crippen LogP) is 2.14. The minimum Gasteiger partial charge on any atom is -0.508 e. The number of hydrogen-bond donors (Lipinski definition) is 2. The third-order valence-electron chi connectivity index (χ3n) is 3.66. The molecule has 2 amide bonds. The summed E-state index contributed by atoms with van der Waals surface area (Å²) in [4.78, 5) is 26.0. The Kier molecular flexibility index (Phi) is 3.89. The lowest BCUT2D eigenvalue weighted by Gasteiger charge is -2.18. The van der Waals surface area contributed by atoms with E-state index < -0.39 is 6.04 Å². The summed E-state index contributed by atoms with van der Waals surface area (Å²) < 4.78 is 5.22. The molecule has 0 aliphatic carbocycles. The summed E-state index contributed by atoms with van der Waals surface area (Å²) in [5.41, 5.74) is 1.02. The molecule has 0 saturated carbocycles. The van der Waals surface area contributed by atoms with E-state index in [0.717, 1.165) is 4.90 Å². The molecule has 2 aromatic rings. The van der Waals surface area contributed by atoms with Gasteiger partial charge in [-0.05, 0) is 24.3 Å². The molecule has 1 fully saturated rings. The summed E-state index contributed by atoms with van der Waals surface area (Å²) in [5.74, 6) is -0.0828. The Morgan fingerprint density at radius 3 is 2.70 bits per heavy atom. The van der Waals surface area contributed by atoms with Crippen LogP contribution < -0.4 is 15.0 Å². The van der Waals surface area contributed by atoms with Gasteiger partial charge in [0.25, 0.3) is 5.91 Å². The molecule has 0 aromatic heterocycles. The summed E-state index contributed by atoms with van der Waals surface area (Å²) in [6, 6.07) is 12.6. The average Bonchev–Trinajstić information content (AvgIpc) is 2.81. The number of methoxy groups -OCH3 is 1. The molecular formula is C17H16N2O4. The largest absolute Gasteiger partial charge is 0.508 e. The molecule has 0 spiro atoms. The zero-order chi connectivity index (χ0) is 16.4. The summed E-state index contributed by atoms with van der Waals surface area (Å²) in [6.45, 7) is 0. The lowest BCUT2D eigenvalue weighted by Crippen LogP contribution is -2.35. The Morgan fingerprint density at radius 1 is 1.17 bits per heavy atom. The van der Waals surface area contributed by atoms with Gasteiger partial charge in [0.1, 0.15) is 17.5 Å². The van der Waals surface area contributed by atoms with Crippen molar-refractivity contribution in [3.8, 4) is 11.5 Å². The Labute approximate surface area is 133 Å². The van der Waals surface area contributed by atoms with Crippen LogP contribution in [0.3, 0.4) is 0 Å². The second-order valence-corrected chi connectivity index (χ2v) is 5.19. The highest BCUT2D eigenvalue weighted by atomic mass is 16.5. The van der Waals surface area contributed by atoms with Crippen molar-refractivity contribution < 1.29 is 19.4 Å². The third kappa shape index (κ3) is 2.83. The average molecular weight is 312 g/mol. The predicted molar refractivity (Wildman–Crippen MR) is 85.6 cm³/mol. The first kappa shape index (κ1) is 14.9. The van der Waals surface area contributed by atoms with Gasteiger partial charge < -0.3 is 15.2 Å². The lowest BCUT2D eigenvalue weighted by molar-refractivity contribution is -0.121. The fraction of sp³-hybridized carbons (Fsp3) is 0.176. The number of benzene rings is 2. The number of carbonyl (C=O) groups is 2. The molecule has 1 heterocycles. The molecule has 1 saturated heterocycles. The van der Waals surface area contributed by atoms with Crippen LogP contribution in [0.25, 0.3) is 0 Å². The van der Waals surface area contributed by atoms with Gasteiger partial charge in [-0.1, -0.05) is 18.2 Å². The third-order valence-corrected chi connectivity index (χ3v) is 3.66. The molecule has 3 rings (SSSR count). The quantitative estimate of drug-likeness (QED) is 0.846. The zero-order valence-corrected chi connectivity index (χ0v) is 12.5. The van der Waals surface area contributed by atoms with E-state index in [1.165, 1.54) is 19.2 Å². The van der Waals surface area contributed by atoms with E-state index in [4.69, 9.17) is 4.74 Å². The van der Waals surface area contributed by atoms with Crippen molar-refractivity contribution in [2.45, 2.75) is 12.5 Å². The number of rotatable bonds is 4. The number of nitrogens with one attached hydrogen (secondary N) is 1. The van der Waals surface area contributed by atoms with Gasteiger partial charge in [0.05, 0.1) is 19.2 Å². The van der Waals surface area contributed by atoms with E-state index in [2.05, 4.69) is 5.32 Å². The van der Waals surface area contributed by atoms with Crippen LogP contribution in [0.4, 0.5) is 11.4 Å². The van der Waals surface area contributed by atoms with Gasteiger partial charge in [-0.3, -0.25) is 9.59 Å². The number of phenolic OH excluding ortho intramolecular Hbond substituents is 1. The number of anilines is 2. The molecule has 2 N–H and O–H groups in total. The Morgan fingerprint density at radius 2 is 1.96 bits per heavy atom. The van der Waals surface area contributed by atoms with Crippen LogP contribution in [0.5, 0.6) is 11.5 Å². The van der Waals surface area contributed by atoms with Crippen molar-refractivity contribution in [3.05, 3.63) is 48.5 Å². The van der Waals surface area contributed by atoms with Gasteiger partial charge in [0, 0.05) is 11.8 Å². The van der Waals surface area contributed by atoms with Crippen molar-refractivity contribution in [2.24, 2.45) is 0 Å². The van der Waals surface area contributed by atoms with Crippen LogP contribution in [0.1, 0.15) is 6.42 Å². The molecule has 0 bridgehead atoms. The number of nitrogens with zero attached hydrogens (tertiary/aromatic N) is 1. The normalized spacial score (nSPS) is 17.4. The van der Waals surface area contributed by atoms with Gasteiger partial charge in [-0.25, -0.2) is 4.90 Å². The number of ether oxygens (including phenoxy) is 1. The van der Waals surface area contributed by atoms with Crippen LogP contribution in [-0.4, -0.2) is 30.1 Å². The summed E-state index contributed by atoms with van der Waals surface area (Å²) >= 11 is 0. The number of para-hydroxylation sites is 2. The molecule has 1 aliphatic rings. The zero-order valence-electron chi connectivity index (χ0n) is 12.5. The molecule has 0 radical (unpaired) electrons. The first-order chi connectivity index (χ1) is 11.1. The Hall–Kier alpha value is -3.02. The molecule has 6 heteroatoms. The van der Waals surface area contributed by atoms with E-state index in [9.17, 15) is 14.7 Å². The highest BCUT2D eigenvalue weighted by molar-refractivity contribution is 6.23. The highest BCUT2D eigenvalue weighted by Gasteiger charge is 2.40. The topological polar surface area (TPSA) is 78.9 Å². The van der Waals surface area contributed by atoms with Crippen molar-refractivity contribution in [3.63, 3.8) is 0 Å². The van der Waals surface area contributed by atoms with Crippen molar-refractivity contribution in [1.82, 2.24) is 0 Å². The molecule has 1 unspecified atom stereocenters. The molecule has 2 aromatic carbocycles. The number of hydrogen-bond acceptors (Lipinski definition) is 5. The molecular weight excluding hydrogens is 296 g/mol. The maximum atomic E-state index is 12.6. The number of phenols is 1. The van der Waals surface area contributed by atoms with Crippen LogP contribution in [0, 0.1) is 0 Å². The van der Waals surface area contributed by atoms with E-state index in [-0.39, 0.29) is 24.0 Å². The first-order valence-corrected chi connectivity index (χ1v) is 7.15. The second-order valence-electron chi connectivity index (χ2n) is 5.19. The summed E-state index contributed by atoms with van der Waals surface area (Å²) in [7, 11) is 1.49. The van der Waals surface area contributed by atoms with Crippen molar-refractivity contribution >= 4 is 23.2 Å². The Bertz CT molecular complexity index is 760. The number of carbonyl (C=O) groups excluding carboxylic acids is 2. The standard InChI is InChI=1S/C17H16N2O4/c1-23-15-8-3-2-7-14(15)19-16(21)10-13(17(19)22)18-11-5-4-6-12(20)9-11/h2-9,13,18,20H,10H2,1H3. The van der Waals surface area contributed by atoms with E-state index in [1.54, 1.807) is 36.4 Å². The smallest absolute Gasteiger partial charge is 0.256 e. The van der Waals surface area contributed by atoms with Crippen LogP contribution in [0.15, 0.2) is 48.5 Å². The summed E-state index contributed by atoms with van der Waals surface area (Å²) in [5, 5.41) is 12.5. The highest BCUT2D eigenvalue weighted by Crippen LogP contribution is 2.32. The minimum atomic E-state index is -0.672.